The second-order valence-corrected chi connectivity index (χ2v) is 3.05. The number of aliphatic carboxylic acids is 2. The summed E-state index contributed by atoms with van der Waals surface area (Å²) in [4.78, 5) is 20.7. The Bertz CT molecular complexity index is 228. The van der Waals surface area contributed by atoms with E-state index in [1.54, 1.807) is 0 Å². The van der Waals surface area contributed by atoms with Crippen LogP contribution < -0.4 is 11.5 Å². The average Bonchev–Trinajstić information content (AvgIpc) is 2.03. The summed E-state index contributed by atoms with van der Waals surface area (Å²) >= 11 is 0. The molecule has 0 amide bonds. The minimum atomic E-state index is -1.14. The molecule has 0 fully saturated rings. The summed E-state index contributed by atoms with van der Waals surface area (Å²) in [7, 11) is 0. The van der Waals surface area contributed by atoms with E-state index in [0.717, 1.165) is 0 Å². The van der Waals surface area contributed by atoms with Gasteiger partial charge in [-0.05, 0) is 12.8 Å². The molecule has 0 heterocycles. The third kappa shape index (κ3) is 4.58. The van der Waals surface area contributed by atoms with Gasteiger partial charge in [0.15, 0.2) is 0 Å². The number of carboxylic acid groups (broad SMARTS) is 2. The van der Waals surface area contributed by atoms with Gasteiger partial charge in [-0.1, -0.05) is 12.2 Å². The highest BCUT2D eigenvalue weighted by atomic mass is 16.4. The normalized spacial score (nSPS) is 14.4. The molecule has 0 aromatic heterocycles. The van der Waals surface area contributed by atoms with E-state index in [4.69, 9.17) is 21.7 Å². The second-order valence-electron chi connectivity index (χ2n) is 3.05. The van der Waals surface area contributed by atoms with Gasteiger partial charge < -0.3 is 21.7 Å². The molecule has 0 rings (SSSR count). The number of nitrogens with two attached hydrogens (primary N) is 2. The van der Waals surface area contributed by atoms with Crippen LogP contribution in [0.3, 0.4) is 0 Å². The molecular formula is C8H14N2O4. The molecule has 6 heteroatoms. The van der Waals surface area contributed by atoms with E-state index in [-0.39, 0.29) is 12.8 Å². The lowest BCUT2D eigenvalue weighted by Crippen LogP contribution is -2.33. The lowest BCUT2D eigenvalue weighted by atomic mass is 10.0. The standard InChI is InChI=1S/C8H14N2O4/c1-4(2-5(9)7(11)12)3-6(10)8(13)14/h5-6H,1-3,9-10H2,(H,11,12)(H,13,14)/t5-,6-/m0/s1. The summed E-state index contributed by atoms with van der Waals surface area (Å²) in [5.41, 5.74) is 10.9. The second kappa shape index (κ2) is 5.36. The molecule has 6 nitrogen and oxygen atoms in total. The highest BCUT2D eigenvalue weighted by Gasteiger charge is 2.17. The van der Waals surface area contributed by atoms with Crippen LogP contribution in [0.25, 0.3) is 0 Å². The van der Waals surface area contributed by atoms with Crippen LogP contribution in [0.2, 0.25) is 0 Å². The molecule has 80 valence electrons. The predicted octanol–water partition coefficient (Wildman–Crippen LogP) is -0.853. The molecule has 0 saturated heterocycles. The third-order valence-electron chi connectivity index (χ3n) is 1.65. The van der Waals surface area contributed by atoms with Crippen LogP contribution in [0.15, 0.2) is 12.2 Å². The van der Waals surface area contributed by atoms with Crippen LogP contribution in [0.4, 0.5) is 0 Å². The van der Waals surface area contributed by atoms with Gasteiger partial charge in [0.25, 0.3) is 0 Å². The maximum atomic E-state index is 10.3. The topological polar surface area (TPSA) is 127 Å². The van der Waals surface area contributed by atoms with E-state index in [2.05, 4.69) is 6.58 Å². The Hall–Kier alpha value is -1.40. The Labute approximate surface area is 81.2 Å². The van der Waals surface area contributed by atoms with Crippen LogP contribution >= 0.6 is 0 Å². The van der Waals surface area contributed by atoms with E-state index >= 15 is 0 Å². The molecule has 0 aromatic carbocycles. The van der Waals surface area contributed by atoms with Gasteiger partial charge in [-0.25, -0.2) is 0 Å². The number of hydrogen-bond acceptors (Lipinski definition) is 4. The van der Waals surface area contributed by atoms with Crippen molar-refractivity contribution >= 4 is 11.9 Å². The summed E-state index contributed by atoms with van der Waals surface area (Å²) in [5, 5.41) is 16.9. The van der Waals surface area contributed by atoms with Crippen molar-refractivity contribution in [2.45, 2.75) is 24.9 Å². The highest BCUT2D eigenvalue weighted by Crippen LogP contribution is 2.08. The predicted molar refractivity (Wildman–Crippen MR) is 49.6 cm³/mol. The Morgan fingerprint density at radius 3 is 1.57 bits per heavy atom. The largest absolute Gasteiger partial charge is 0.480 e. The SMILES string of the molecule is C=C(C[C@H](N)C(=O)O)C[C@H](N)C(=O)O. The maximum Gasteiger partial charge on any atom is 0.320 e. The lowest BCUT2D eigenvalue weighted by Gasteiger charge is -2.11. The molecular weight excluding hydrogens is 188 g/mol. The molecule has 0 spiro atoms. The van der Waals surface area contributed by atoms with Crippen molar-refractivity contribution in [3.63, 3.8) is 0 Å². The van der Waals surface area contributed by atoms with Gasteiger partial charge in [0.1, 0.15) is 12.1 Å². The first-order valence-corrected chi connectivity index (χ1v) is 3.98. The van der Waals surface area contributed by atoms with Crippen molar-refractivity contribution in [1.29, 1.82) is 0 Å². The van der Waals surface area contributed by atoms with Crippen LogP contribution in [0.1, 0.15) is 12.8 Å². The van der Waals surface area contributed by atoms with Gasteiger partial charge in [-0.15, -0.1) is 0 Å². The highest BCUT2D eigenvalue weighted by molar-refractivity contribution is 5.74. The molecule has 6 N–H and O–H groups in total. The summed E-state index contributed by atoms with van der Waals surface area (Å²) in [6, 6.07) is -2.10. The molecule has 2 atom stereocenters. The van der Waals surface area contributed by atoms with E-state index in [1.165, 1.54) is 0 Å². The molecule has 0 aliphatic heterocycles. The summed E-state index contributed by atoms with van der Waals surface area (Å²) in [6.45, 7) is 3.51. The van der Waals surface area contributed by atoms with Gasteiger partial charge in [0, 0.05) is 0 Å². The molecule has 0 aromatic rings. The molecule has 0 aliphatic carbocycles. The van der Waals surface area contributed by atoms with Crippen LogP contribution in [0.5, 0.6) is 0 Å². The molecule has 0 aliphatic rings. The Morgan fingerprint density at radius 2 is 1.36 bits per heavy atom. The van der Waals surface area contributed by atoms with Crippen LogP contribution in [-0.4, -0.2) is 34.2 Å². The zero-order chi connectivity index (χ0) is 11.3. The first-order valence-electron chi connectivity index (χ1n) is 3.98. The zero-order valence-electron chi connectivity index (χ0n) is 7.64. The van der Waals surface area contributed by atoms with Gasteiger partial charge in [-0.3, -0.25) is 9.59 Å². The molecule has 14 heavy (non-hydrogen) atoms. The van der Waals surface area contributed by atoms with Gasteiger partial charge in [-0.2, -0.15) is 0 Å². The monoisotopic (exact) mass is 202 g/mol. The smallest absolute Gasteiger partial charge is 0.320 e. The van der Waals surface area contributed by atoms with Crippen molar-refractivity contribution in [2.75, 3.05) is 0 Å². The fourth-order valence-corrected chi connectivity index (χ4v) is 0.880. The van der Waals surface area contributed by atoms with Gasteiger partial charge >= 0.3 is 11.9 Å². The average molecular weight is 202 g/mol. The Morgan fingerprint density at radius 1 is 1.07 bits per heavy atom. The van der Waals surface area contributed by atoms with E-state index in [1.807, 2.05) is 0 Å². The minimum absolute atomic E-state index is 0.0380. The fraction of sp³-hybridized carbons (Fsp3) is 0.500. The van der Waals surface area contributed by atoms with E-state index in [9.17, 15) is 9.59 Å². The van der Waals surface area contributed by atoms with E-state index < -0.39 is 24.0 Å². The molecule has 0 radical (unpaired) electrons. The number of carbonyl (C=O) groups is 2. The van der Waals surface area contributed by atoms with Gasteiger partial charge in [0.2, 0.25) is 0 Å². The van der Waals surface area contributed by atoms with Crippen molar-refractivity contribution < 1.29 is 19.8 Å². The summed E-state index contributed by atoms with van der Waals surface area (Å²) in [6.07, 6.45) is 0.0760. The molecule has 0 saturated carbocycles. The van der Waals surface area contributed by atoms with Crippen molar-refractivity contribution in [3.05, 3.63) is 12.2 Å². The first-order chi connectivity index (χ1) is 6.34. The van der Waals surface area contributed by atoms with Crippen LogP contribution in [0, 0.1) is 0 Å². The minimum Gasteiger partial charge on any atom is -0.480 e. The third-order valence-corrected chi connectivity index (χ3v) is 1.65. The van der Waals surface area contributed by atoms with Crippen LogP contribution in [-0.2, 0) is 9.59 Å². The number of carboxylic acids is 2. The van der Waals surface area contributed by atoms with E-state index in [0.29, 0.717) is 5.57 Å². The number of hydrogen-bond donors (Lipinski definition) is 4. The van der Waals surface area contributed by atoms with Crippen molar-refractivity contribution in [2.24, 2.45) is 11.5 Å². The quantitative estimate of drug-likeness (QED) is 0.415. The fourth-order valence-electron chi connectivity index (χ4n) is 0.880. The first kappa shape index (κ1) is 12.6. The maximum absolute atomic E-state index is 10.3. The summed E-state index contributed by atoms with van der Waals surface area (Å²) < 4.78 is 0. The number of rotatable bonds is 6. The molecule has 0 unspecified atom stereocenters. The lowest BCUT2D eigenvalue weighted by molar-refractivity contribution is -0.139. The Kier molecular flexibility index (Phi) is 4.82. The summed E-state index contributed by atoms with van der Waals surface area (Å²) in [5.74, 6) is -2.29. The van der Waals surface area contributed by atoms with Crippen molar-refractivity contribution in [3.8, 4) is 0 Å². The van der Waals surface area contributed by atoms with Crippen molar-refractivity contribution in [1.82, 2.24) is 0 Å². The molecule has 0 bridgehead atoms. The zero-order valence-corrected chi connectivity index (χ0v) is 7.64. The Balaban J connectivity index is 3.99. The van der Waals surface area contributed by atoms with Gasteiger partial charge in [0.05, 0.1) is 0 Å².